The van der Waals surface area contributed by atoms with Gasteiger partial charge in [-0.2, -0.15) is 13.2 Å². The van der Waals surface area contributed by atoms with Crippen molar-refractivity contribution in [2.45, 2.75) is 12.6 Å². The molecule has 0 fully saturated rings. The van der Waals surface area contributed by atoms with Crippen LogP contribution >= 0.6 is 0 Å². The molecule has 0 aliphatic carbocycles. The third-order valence-electron chi connectivity index (χ3n) is 3.41. The van der Waals surface area contributed by atoms with Crippen LogP contribution in [0.2, 0.25) is 0 Å². The van der Waals surface area contributed by atoms with Gasteiger partial charge < -0.3 is 11.1 Å². The van der Waals surface area contributed by atoms with Gasteiger partial charge in [-0.3, -0.25) is 9.59 Å². The average molecular weight is 336 g/mol. The van der Waals surface area contributed by atoms with Crippen molar-refractivity contribution in [1.29, 1.82) is 0 Å². The van der Waals surface area contributed by atoms with E-state index in [1.54, 1.807) is 0 Å². The fourth-order valence-corrected chi connectivity index (χ4v) is 2.07. The van der Waals surface area contributed by atoms with Gasteiger partial charge in [0, 0.05) is 17.7 Å². The fraction of sp³-hybridized carbons (Fsp3) is 0.176. The average Bonchev–Trinajstić information content (AvgIpc) is 2.54. The maximum Gasteiger partial charge on any atom is 0.416 e. The molecule has 0 atom stereocenters. The van der Waals surface area contributed by atoms with E-state index in [1.165, 1.54) is 36.4 Å². The molecule has 126 valence electrons. The van der Waals surface area contributed by atoms with Gasteiger partial charge in [-0.25, -0.2) is 0 Å². The minimum absolute atomic E-state index is 0.280. The highest BCUT2D eigenvalue weighted by Gasteiger charge is 2.29. The van der Waals surface area contributed by atoms with Gasteiger partial charge in [-0.1, -0.05) is 12.1 Å². The van der Waals surface area contributed by atoms with E-state index in [4.69, 9.17) is 5.73 Å². The maximum atomic E-state index is 12.5. The number of carbonyl (C=O) groups excluding carboxylic acids is 2. The number of halogens is 3. The fourth-order valence-electron chi connectivity index (χ4n) is 2.07. The van der Waals surface area contributed by atoms with E-state index in [-0.39, 0.29) is 12.5 Å². The predicted octanol–water partition coefficient (Wildman–Crippen LogP) is 2.78. The number of nitrogens with two attached hydrogens (primary N) is 1. The van der Waals surface area contributed by atoms with Crippen LogP contribution in [0.3, 0.4) is 0 Å². The molecule has 3 N–H and O–H groups in total. The van der Waals surface area contributed by atoms with Gasteiger partial charge in [0.1, 0.15) is 0 Å². The maximum absolute atomic E-state index is 12.5. The van der Waals surface area contributed by atoms with Crippen LogP contribution in [0, 0.1) is 0 Å². The van der Waals surface area contributed by atoms with Crippen LogP contribution in [0.1, 0.15) is 31.8 Å². The van der Waals surface area contributed by atoms with Gasteiger partial charge in [0.15, 0.2) is 0 Å². The number of hydrogen-bond acceptors (Lipinski definition) is 2. The van der Waals surface area contributed by atoms with E-state index in [9.17, 15) is 22.8 Å². The number of benzene rings is 2. The smallest absolute Gasteiger partial charge is 0.366 e. The molecule has 0 radical (unpaired) electrons. The van der Waals surface area contributed by atoms with Crippen molar-refractivity contribution < 1.29 is 22.8 Å². The molecule has 0 spiro atoms. The van der Waals surface area contributed by atoms with Gasteiger partial charge in [0.2, 0.25) is 5.91 Å². The zero-order valence-electron chi connectivity index (χ0n) is 12.6. The first kappa shape index (κ1) is 17.5. The highest BCUT2D eigenvalue weighted by molar-refractivity contribution is 5.97. The Balaban J connectivity index is 1.87. The van der Waals surface area contributed by atoms with E-state index >= 15 is 0 Å². The lowest BCUT2D eigenvalue weighted by Crippen LogP contribution is -2.25. The van der Waals surface area contributed by atoms with Crippen molar-refractivity contribution in [1.82, 2.24) is 5.32 Å². The van der Waals surface area contributed by atoms with E-state index in [0.717, 1.165) is 12.1 Å². The van der Waals surface area contributed by atoms with E-state index < -0.39 is 17.6 Å². The van der Waals surface area contributed by atoms with Crippen molar-refractivity contribution in [3.63, 3.8) is 0 Å². The Morgan fingerprint density at radius 2 is 1.46 bits per heavy atom. The molecule has 0 heterocycles. The molecular weight excluding hydrogens is 321 g/mol. The number of amides is 2. The second-order valence-corrected chi connectivity index (χ2v) is 5.14. The topological polar surface area (TPSA) is 72.2 Å². The molecule has 24 heavy (non-hydrogen) atoms. The number of carbonyl (C=O) groups is 2. The Morgan fingerprint density at radius 1 is 0.917 bits per heavy atom. The molecule has 2 rings (SSSR count). The van der Waals surface area contributed by atoms with Crippen molar-refractivity contribution >= 4 is 11.8 Å². The first-order valence-electron chi connectivity index (χ1n) is 7.11. The summed E-state index contributed by atoms with van der Waals surface area (Å²) in [4.78, 5) is 22.9. The second-order valence-electron chi connectivity index (χ2n) is 5.14. The van der Waals surface area contributed by atoms with Crippen LogP contribution in [0.4, 0.5) is 13.2 Å². The normalized spacial score (nSPS) is 11.1. The first-order chi connectivity index (χ1) is 11.3. The highest BCUT2D eigenvalue weighted by Crippen LogP contribution is 2.29. The summed E-state index contributed by atoms with van der Waals surface area (Å²) >= 11 is 0. The standard InChI is InChI=1S/C17H15F3N2O2/c18-17(19,20)14-7-1-11(2-8-14)9-10-22-16(24)13-5-3-12(4-6-13)15(21)23/h1-8H,9-10H2,(H2,21,23)(H,22,24). The molecule has 7 heteroatoms. The number of nitrogens with one attached hydrogen (secondary N) is 1. The molecule has 0 aliphatic rings. The van der Waals surface area contributed by atoms with Gasteiger partial charge in [-0.05, 0) is 48.4 Å². The van der Waals surface area contributed by atoms with E-state index in [0.29, 0.717) is 23.1 Å². The molecule has 0 unspecified atom stereocenters. The highest BCUT2D eigenvalue weighted by atomic mass is 19.4. The molecule has 0 saturated heterocycles. The molecule has 2 amide bonds. The zero-order valence-corrected chi connectivity index (χ0v) is 12.6. The van der Waals surface area contributed by atoms with Gasteiger partial charge in [-0.15, -0.1) is 0 Å². The summed E-state index contributed by atoms with van der Waals surface area (Å²) in [5.41, 5.74) is 5.77. The SMILES string of the molecule is NC(=O)c1ccc(C(=O)NCCc2ccc(C(F)(F)F)cc2)cc1. The molecule has 2 aromatic rings. The third-order valence-corrected chi connectivity index (χ3v) is 3.41. The van der Waals surface area contributed by atoms with Crippen LogP contribution in [0.25, 0.3) is 0 Å². The van der Waals surface area contributed by atoms with Crippen LogP contribution in [-0.4, -0.2) is 18.4 Å². The Bertz CT molecular complexity index is 723. The summed E-state index contributed by atoms with van der Waals surface area (Å²) in [5.74, 6) is -0.915. The number of rotatable bonds is 5. The minimum Gasteiger partial charge on any atom is -0.366 e. The Hall–Kier alpha value is -2.83. The van der Waals surface area contributed by atoms with Crippen molar-refractivity contribution in [2.75, 3.05) is 6.54 Å². The molecule has 2 aromatic carbocycles. The number of alkyl halides is 3. The van der Waals surface area contributed by atoms with Crippen molar-refractivity contribution in [3.8, 4) is 0 Å². The lowest BCUT2D eigenvalue weighted by atomic mass is 10.1. The van der Waals surface area contributed by atoms with Gasteiger partial charge >= 0.3 is 6.18 Å². The minimum atomic E-state index is -4.36. The quantitative estimate of drug-likeness (QED) is 0.881. The number of primary amides is 1. The molecule has 0 aromatic heterocycles. The summed E-state index contributed by atoms with van der Waals surface area (Å²) < 4.78 is 37.4. The monoisotopic (exact) mass is 336 g/mol. The Kier molecular flexibility index (Phi) is 5.23. The number of hydrogen-bond donors (Lipinski definition) is 2. The lowest BCUT2D eigenvalue weighted by Gasteiger charge is -2.08. The molecule has 0 saturated carbocycles. The zero-order chi connectivity index (χ0) is 17.7. The van der Waals surface area contributed by atoms with Crippen LogP contribution < -0.4 is 11.1 Å². The lowest BCUT2D eigenvalue weighted by molar-refractivity contribution is -0.137. The Morgan fingerprint density at radius 3 is 1.96 bits per heavy atom. The van der Waals surface area contributed by atoms with Crippen molar-refractivity contribution in [2.24, 2.45) is 5.73 Å². The van der Waals surface area contributed by atoms with E-state index in [2.05, 4.69) is 5.32 Å². The van der Waals surface area contributed by atoms with Crippen LogP contribution in [0.5, 0.6) is 0 Å². The summed E-state index contributed by atoms with van der Waals surface area (Å²) in [6.45, 7) is 0.280. The second kappa shape index (κ2) is 7.16. The third kappa shape index (κ3) is 4.58. The summed E-state index contributed by atoms with van der Waals surface area (Å²) in [5, 5.41) is 2.66. The van der Waals surface area contributed by atoms with Crippen LogP contribution in [-0.2, 0) is 12.6 Å². The van der Waals surface area contributed by atoms with E-state index in [1.807, 2.05) is 0 Å². The van der Waals surface area contributed by atoms with Gasteiger partial charge in [0.05, 0.1) is 5.56 Å². The molecule has 4 nitrogen and oxygen atoms in total. The Labute approximate surface area is 136 Å². The first-order valence-corrected chi connectivity index (χ1v) is 7.11. The van der Waals surface area contributed by atoms with Gasteiger partial charge in [0.25, 0.3) is 5.91 Å². The largest absolute Gasteiger partial charge is 0.416 e. The predicted molar refractivity (Wildman–Crippen MR) is 82.4 cm³/mol. The molecule has 0 bridgehead atoms. The summed E-state index contributed by atoms with van der Waals surface area (Å²) in [6, 6.07) is 10.7. The molecule has 0 aliphatic heterocycles. The summed E-state index contributed by atoms with van der Waals surface area (Å²) in [6.07, 6.45) is -3.95. The molecular formula is C17H15F3N2O2. The van der Waals surface area contributed by atoms with Crippen molar-refractivity contribution in [3.05, 3.63) is 70.8 Å². The summed E-state index contributed by atoms with van der Waals surface area (Å²) in [7, 11) is 0. The van der Waals surface area contributed by atoms with Crippen LogP contribution in [0.15, 0.2) is 48.5 Å².